The fourth-order valence-corrected chi connectivity index (χ4v) is 3.11. The number of carbonyl (C=O) groups is 1. The molecule has 0 aromatic carbocycles. The lowest BCUT2D eigenvalue weighted by molar-refractivity contribution is 0.0696. The van der Waals surface area contributed by atoms with Crippen LogP contribution >= 0.6 is 34.7 Å². The van der Waals surface area contributed by atoms with Crippen LogP contribution in [-0.4, -0.2) is 26.3 Å². The van der Waals surface area contributed by atoms with Crippen molar-refractivity contribution in [2.45, 2.75) is 16.3 Å². The highest BCUT2D eigenvalue weighted by atomic mass is 35.5. The van der Waals surface area contributed by atoms with Crippen LogP contribution in [0.3, 0.4) is 0 Å². The van der Waals surface area contributed by atoms with Gasteiger partial charge in [-0.25, -0.2) is 9.78 Å². The number of carboxylic acid groups (broad SMARTS) is 1. The predicted octanol–water partition coefficient (Wildman–Crippen LogP) is 2.74. The lowest BCUT2D eigenvalue weighted by Crippen LogP contribution is -1.97. The first-order valence-electron chi connectivity index (χ1n) is 4.43. The minimum atomic E-state index is -1.04. The van der Waals surface area contributed by atoms with Crippen molar-refractivity contribution in [3.8, 4) is 0 Å². The van der Waals surface area contributed by atoms with Gasteiger partial charge in [0.2, 0.25) is 0 Å². The minimum Gasteiger partial charge on any atom is -0.478 e. The molecule has 2 heterocycles. The van der Waals surface area contributed by atoms with Gasteiger partial charge in [-0.3, -0.25) is 0 Å². The summed E-state index contributed by atoms with van der Waals surface area (Å²) in [6.07, 6.45) is 0. The van der Waals surface area contributed by atoms with Crippen molar-refractivity contribution >= 4 is 40.7 Å². The Morgan fingerprint density at radius 3 is 2.82 bits per heavy atom. The Morgan fingerprint density at radius 1 is 1.47 bits per heavy atom. The first kappa shape index (κ1) is 12.3. The maximum absolute atomic E-state index is 10.8. The number of pyridine rings is 1. The largest absolute Gasteiger partial charge is 0.478 e. The van der Waals surface area contributed by atoms with Crippen molar-refractivity contribution in [3.63, 3.8) is 0 Å². The SMILES string of the molecule is Cc1nnc(Sc2cc(C(=O)O)cc(Cl)n2)s1. The van der Waals surface area contributed by atoms with Crippen molar-refractivity contribution in [2.75, 3.05) is 0 Å². The van der Waals surface area contributed by atoms with Crippen LogP contribution in [0.1, 0.15) is 15.4 Å². The summed E-state index contributed by atoms with van der Waals surface area (Å²) in [6, 6.07) is 2.76. The maximum atomic E-state index is 10.8. The second kappa shape index (κ2) is 4.99. The minimum absolute atomic E-state index is 0.105. The first-order valence-corrected chi connectivity index (χ1v) is 6.44. The van der Waals surface area contributed by atoms with Crippen LogP contribution in [0, 0.1) is 6.92 Å². The average Bonchev–Trinajstić information content (AvgIpc) is 2.63. The Labute approximate surface area is 110 Å². The van der Waals surface area contributed by atoms with Gasteiger partial charge in [0.25, 0.3) is 0 Å². The molecule has 0 aliphatic carbocycles. The molecule has 1 N–H and O–H groups in total. The molecule has 5 nitrogen and oxygen atoms in total. The van der Waals surface area contributed by atoms with E-state index in [0.717, 1.165) is 5.01 Å². The normalized spacial score (nSPS) is 10.5. The van der Waals surface area contributed by atoms with E-state index in [2.05, 4.69) is 15.2 Å². The van der Waals surface area contributed by atoms with Crippen LogP contribution in [0.15, 0.2) is 21.5 Å². The molecule has 0 aliphatic heterocycles. The summed E-state index contributed by atoms with van der Waals surface area (Å²) in [5.74, 6) is -1.04. The van der Waals surface area contributed by atoms with Crippen LogP contribution in [-0.2, 0) is 0 Å². The zero-order valence-electron chi connectivity index (χ0n) is 8.55. The third kappa shape index (κ3) is 3.15. The van der Waals surface area contributed by atoms with Crippen molar-refractivity contribution in [3.05, 3.63) is 27.9 Å². The van der Waals surface area contributed by atoms with Gasteiger partial charge < -0.3 is 5.11 Å². The summed E-state index contributed by atoms with van der Waals surface area (Å²) in [5.41, 5.74) is 0.105. The van der Waals surface area contributed by atoms with E-state index in [4.69, 9.17) is 16.7 Å². The molecule has 0 bridgehead atoms. The van der Waals surface area contributed by atoms with Gasteiger partial charge in [0.05, 0.1) is 5.56 Å². The van der Waals surface area contributed by atoms with E-state index < -0.39 is 5.97 Å². The number of aromatic nitrogens is 3. The second-order valence-electron chi connectivity index (χ2n) is 3.01. The lowest BCUT2D eigenvalue weighted by Gasteiger charge is -2.00. The summed E-state index contributed by atoms with van der Waals surface area (Å²) in [7, 11) is 0. The molecule has 88 valence electrons. The smallest absolute Gasteiger partial charge is 0.335 e. The van der Waals surface area contributed by atoms with Crippen LogP contribution in [0.2, 0.25) is 5.15 Å². The zero-order valence-corrected chi connectivity index (χ0v) is 10.9. The third-order valence-corrected chi connectivity index (χ3v) is 3.72. The molecule has 0 radical (unpaired) electrons. The molecule has 0 atom stereocenters. The topological polar surface area (TPSA) is 76.0 Å². The molecular weight excluding hydrogens is 282 g/mol. The highest BCUT2D eigenvalue weighted by Gasteiger charge is 2.10. The molecule has 17 heavy (non-hydrogen) atoms. The molecule has 8 heteroatoms. The van der Waals surface area contributed by atoms with Crippen molar-refractivity contribution < 1.29 is 9.90 Å². The Morgan fingerprint density at radius 2 is 2.24 bits per heavy atom. The summed E-state index contributed by atoms with van der Waals surface area (Å²) in [5, 5.41) is 18.1. The number of carboxylic acids is 1. The van der Waals surface area contributed by atoms with Gasteiger partial charge in [-0.05, 0) is 30.8 Å². The lowest BCUT2D eigenvalue weighted by atomic mass is 10.3. The van der Waals surface area contributed by atoms with E-state index in [1.807, 2.05) is 6.92 Å². The van der Waals surface area contributed by atoms with Crippen molar-refractivity contribution in [2.24, 2.45) is 0 Å². The van der Waals surface area contributed by atoms with Crippen LogP contribution in [0.5, 0.6) is 0 Å². The summed E-state index contributed by atoms with van der Waals surface area (Å²) in [6.45, 7) is 1.84. The average molecular weight is 288 g/mol. The molecule has 0 aliphatic rings. The molecule has 0 saturated heterocycles. The van der Waals surface area contributed by atoms with Gasteiger partial charge in [-0.1, -0.05) is 22.9 Å². The fourth-order valence-electron chi connectivity index (χ4n) is 1.06. The molecule has 2 rings (SSSR count). The molecule has 0 saturated carbocycles. The van der Waals surface area contributed by atoms with Gasteiger partial charge in [-0.15, -0.1) is 10.2 Å². The monoisotopic (exact) mass is 287 g/mol. The molecule has 2 aromatic rings. The van der Waals surface area contributed by atoms with Crippen LogP contribution in [0.25, 0.3) is 0 Å². The molecule has 0 fully saturated rings. The van der Waals surface area contributed by atoms with E-state index in [9.17, 15) is 4.79 Å². The summed E-state index contributed by atoms with van der Waals surface area (Å²) in [4.78, 5) is 14.9. The number of hydrogen-bond donors (Lipinski definition) is 1. The predicted molar refractivity (Wildman–Crippen MR) is 65.0 cm³/mol. The Balaban J connectivity index is 2.29. The van der Waals surface area contributed by atoms with Crippen molar-refractivity contribution in [1.82, 2.24) is 15.2 Å². The highest BCUT2D eigenvalue weighted by molar-refractivity contribution is 8.01. The van der Waals surface area contributed by atoms with Crippen molar-refractivity contribution in [1.29, 1.82) is 0 Å². The summed E-state index contributed by atoms with van der Waals surface area (Å²) < 4.78 is 0.702. The van der Waals surface area contributed by atoms with E-state index in [1.54, 1.807) is 0 Å². The zero-order chi connectivity index (χ0) is 12.4. The summed E-state index contributed by atoms with van der Waals surface area (Å²) >= 11 is 8.40. The number of aromatic carboxylic acids is 1. The van der Waals surface area contributed by atoms with E-state index >= 15 is 0 Å². The number of halogens is 1. The van der Waals surface area contributed by atoms with Gasteiger partial charge >= 0.3 is 5.97 Å². The number of aryl methyl sites for hydroxylation is 1. The highest BCUT2D eigenvalue weighted by Crippen LogP contribution is 2.30. The first-order chi connectivity index (χ1) is 8.04. The Hall–Kier alpha value is -1.18. The molecule has 0 spiro atoms. The quantitative estimate of drug-likeness (QED) is 0.875. The molecule has 0 amide bonds. The van der Waals surface area contributed by atoms with E-state index in [-0.39, 0.29) is 10.7 Å². The Bertz CT molecular complexity index is 573. The molecule has 0 unspecified atom stereocenters. The molecular formula is C9H6ClN3O2S2. The van der Waals surface area contributed by atoms with Crippen LogP contribution in [0.4, 0.5) is 0 Å². The third-order valence-electron chi connectivity index (χ3n) is 1.72. The van der Waals surface area contributed by atoms with E-state index in [1.165, 1.54) is 35.2 Å². The molecule has 2 aromatic heterocycles. The number of rotatable bonds is 3. The van der Waals surface area contributed by atoms with Gasteiger partial charge in [0.15, 0.2) is 4.34 Å². The Kier molecular flexibility index (Phi) is 3.60. The fraction of sp³-hybridized carbons (Fsp3) is 0.111. The number of hydrogen-bond acceptors (Lipinski definition) is 6. The van der Waals surface area contributed by atoms with Gasteiger partial charge in [0, 0.05) is 0 Å². The van der Waals surface area contributed by atoms with Gasteiger partial charge in [-0.2, -0.15) is 0 Å². The standard InChI is InChI=1S/C9H6ClN3O2S2/c1-4-12-13-9(16-4)17-7-3-5(8(14)15)2-6(10)11-7/h2-3H,1H3,(H,14,15). The van der Waals surface area contributed by atoms with E-state index in [0.29, 0.717) is 9.37 Å². The van der Waals surface area contributed by atoms with Gasteiger partial charge in [0.1, 0.15) is 15.2 Å². The van der Waals surface area contributed by atoms with Crippen LogP contribution < -0.4 is 0 Å². The number of nitrogens with zero attached hydrogens (tertiary/aromatic N) is 3. The maximum Gasteiger partial charge on any atom is 0.335 e. The second-order valence-corrected chi connectivity index (χ2v) is 5.85.